The predicted octanol–water partition coefficient (Wildman–Crippen LogP) is 3.29. The zero-order valence-electron chi connectivity index (χ0n) is 17.5. The van der Waals surface area contributed by atoms with Gasteiger partial charge in [-0.1, -0.05) is 23.8 Å². The van der Waals surface area contributed by atoms with Crippen LogP contribution in [-0.4, -0.2) is 28.3 Å². The molecule has 7 nitrogen and oxygen atoms in total. The Kier molecular flexibility index (Phi) is 6.61. The van der Waals surface area contributed by atoms with Crippen LogP contribution >= 0.6 is 0 Å². The molecular formula is C22H22F3N5O2. The van der Waals surface area contributed by atoms with Crippen molar-refractivity contribution in [3.63, 3.8) is 0 Å². The molecule has 0 spiro atoms. The molecule has 3 heterocycles. The number of anilines is 1. The van der Waals surface area contributed by atoms with E-state index < -0.39 is 23.7 Å². The van der Waals surface area contributed by atoms with E-state index >= 15 is 0 Å². The summed E-state index contributed by atoms with van der Waals surface area (Å²) in [4.78, 5) is 33.1. The maximum Gasteiger partial charge on any atom is 0.433 e. The number of amides is 2. The van der Waals surface area contributed by atoms with Gasteiger partial charge >= 0.3 is 6.18 Å². The van der Waals surface area contributed by atoms with Gasteiger partial charge in [-0.3, -0.25) is 14.6 Å². The minimum atomic E-state index is -4.58. The molecule has 0 fully saturated rings. The molecule has 1 aliphatic heterocycles. The highest BCUT2D eigenvalue weighted by Gasteiger charge is 2.33. The van der Waals surface area contributed by atoms with Crippen LogP contribution in [0.2, 0.25) is 0 Å². The molecule has 2 amide bonds. The number of halogens is 3. The largest absolute Gasteiger partial charge is 0.433 e. The van der Waals surface area contributed by atoms with Crippen molar-refractivity contribution in [3.8, 4) is 0 Å². The highest BCUT2D eigenvalue weighted by Crippen LogP contribution is 2.31. The highest BCUT2D eigenvalue weighted by atomic mass is 19.4. The van der Waals surface area contributed by atoms with Gasteiger partial charge in [0.05, 0.1) is 5.92 Å². The quantitative estimate of drug-likeness (QED) is 0.711. The Bertz CT molecular complexity index is 1080. The van der Waals surface area contributed by atoms with E-state index in [4.69, 9.17) is 5.73 Å². The van der Waals surface area contributed by atoms with Crippen LogP contribution in [0.4, 0.5) is 19.0 Å². The Morgan fingerprint density at radius 3 is 2.56 bits per heavy atom. The molecule has 0 aromatic carbocycles. The Morgan fingerprint density at radius 1 is 1.25 bits per heavy atom. The van der Waals surface area contributed by atoms with E-state index in [9.17, 15) is 22.8 Å². The highest BCUT2D eigenvalue weighted by molar-refractivity contribution is 5.91. The van der Waals surface area contributed by atoms with Crippen LogP contribution < -0.4 is 16.0 Å². The van der Waals surface area contributed by atoms with Crippen molar-refractivity contribution in [1.82, 2.24) is 15.3 Å². The van der Waals surface area contributed by atoms with Gasteiger partial charge in [0.15, 0.2) is 0 Å². The molecule has 3 N–H and O–H groups in total. The molecule has 0 radical (unpaired) electrons. The summed E-state index contributed by atoms with van der Waals surface area (Å²) in [5, 5.41) is 2.74. The fourth-order valence-electron chi connectivity index (χ4n) is 3.05. The van der Waals surface area contributed by atoms with Crippen LogP contribution in [-0.2, 0) is 17.5 Å². The van der Waals surface area contributed by atoms with Gasteiger partial charge < -0.3 is 16.0 Å². The number of primary amides is 1. The second kappa shape index (κ2) is 9.21. The van der Waals surface area contributed by atoms with Gasteiger partial charge in [0.1, 0.15) is 17.2 Å². The maximum atomic E-state index is 13.2. The summed E-state index contributed by atoms with van der Waals surface area (Å²) in [6.07, 6.45) is 2.12. The zero-order valence-corrected chi connectivity index (χ0v) is 17.5. The molecule has 3 rings (SSSR count). The number of hydrogen-bond donors (Lipinski definition) is 2. The van der Waals surface area contributed by atoms with E-state index in [1.54, 1.807) is 30.2 Å². The number of nitrogens with zero attached hydrogens (tertiary/aromatic N) is 3. The van der Waals surface area contributed by atoms with Gasteiger partial charge in [0.25, 0.3) is 5.91 Å². The number of nitrogens with two attached hydrogens (primary N) is 1. The summed E-state index contributed by atoms with van der Waals surface area (Å²) in [6.45, 7) is 3.90. The van der Waals surface area contributed by atoms with Gasteiger partial charge in [-0.25, -0.2) is 4.98 Å². The Balaban J connectivity index is 1.78. The van der Waals surface area contributed by atoms with E-state index in [-0.39, 0.29) is 24.0 Å². The first-order valence-electron chi connectivity index (χ1n) is 9.78. The summed E-state index contributed by atoms with van der Waals surface area (Å²) in [6, 6.07) is 5.22. The topological polar surface area (TPSA) is 101 Å². The number of rotatable bonds is 6. The molecule has 1 atom stereocenters. The molecule has 0 aliphatic carbocycles. The van der Waals surface area contributed by atoms with E-state index in [0.29, 0.717) is 17.7 Å². The second-order valence-electron chi connectivity index (χ2n) is 7.37. The van der Waals surface area contributed by atoms with Crippen molar-refractivity contribution in [1.29, 1.82) is 0 Å². The molecule has 1 unspecified atom stereocenters. The van der Waals surface area contributed by atoms with Crippen LogP contribution in [0.1, 0.15) is 47.1 Å². The summed E-state index contributed by atoms with van der Waals surface area (Å²) in [5.41, 5.74) is 6.25. The van der Waals surface area contributed by atoms with Gasteiger partial charge in [0, 0.05) is 31.0 Å². The number of nitrogens with one attached hydrogen (secondary N) is 1. The molecule has 10 heteroatoms. The maximum absolute atomic E-state index is 13.2. The number of pyridine rings is 2. The molecule has 1 aliphatic rings. The molecular weight excluding hydrogens is 423 g/mol. The fraction of sp³-hybridized carbons (Fsp3) is 0.273. The second-order valence-corrected chi connectivity index (χ2v) is 7.37. The third kappa shape index (κ3) is 5.32. The minimum absolute atomic E-state index is 0.0104. The zero-order chi connectivity index (χ0) is 23.5. The van der Waals surface area contributed by atoms with E-state index in [2.05, 4.69) is 15.3 Å². The Hall–Kier alpha value is -3.69. The molecule has 2 aromatic rings. The third-order valence-electron chi connectivity index (χ3n) is 5.03. The smallest absolute Gasteiger partial charge is 0.364 e. The first-order chi connectivity index (χ1) is 15.1. The van der Waals surface area contributed by atoms with Crippen molar-refractivity contribution < 1.29 is 22.8 Å². The standard InChI is InChI=1S/C22H22F3N5O2/c1-13-7-9-30(10-8-13)20-16(4-6-18(29-20)22(23,24)25)12-28-21(32)14(2)15-3-5-17(19(26)31)27-11-15/h3-9,11,14H,10,12H2,1-2H3,(H2,26,31)(H,28,32). The first-order valence-corrected chi connectivity index (χ1v) is 9.78. The molecule has 0 bridgehead atoms. The lowest BCUT2D eigenvalue weighted by molar-refractivity contribution is -0.141. The van der Waals surface area contributed by atoms with Crippen LogP contribution in [0.15, 0.2) is 54.4 Å². The summed E-state index contributed by atoms with van der Waals surface area (Å²) in [5.74, 6) is -1.50. The fourth-order valence-corrected chi connectivity index (χ4v) is 3.05. The molecule has 2 aromatic heterocycles. The molecule has 32 heavy (non-hydrogen) atoms. The van der Waals surface area contributed by atoms with Gasteiger partial charge in [-0.05, 0) is 37.6 Å². The van der Waals surface area contributed by atoms with Crippen molar-refractivity contribution >= 4 is 17.6 Å². The van der Waals surface area contributed by atoms with Crippen molar-refractivity contribution in [2.45, 2.75) is 32.5 Å². The normalized spacial score (nSPS) is 14.7. The van der Waals surface area contributed by atoms with Crippen molar-refractivity contribution in [3.05, 3.63) is 76.9 Å². The predicted molar refractivity (Wildman–Crippen MR) is 112 cm³/mol. The summed E-state index contributed by atoms with van der Waals surface area (Å²) >= 11 is 0. The van der Waals surface area contributed by atoms with Crippen LogP contribution in [0.5, 0.6) is 0 Å². The average Bonchev–Trinajstić information content (AvgIpc) is 2.76. The first kappa shape index (κ1) is 23.0. The third-order valence-corrected chi connectivity index (χ3v) is 5.03. The van der Waals surface area contributed by atoms with Gasteiger partial charge in [0.2, 0.25) is 5.91 Å². The van der Waals surface area contributed by atoms with Crippen LogP contribution in [0.25, 0.3) is 0 Å². The molecule has 0 saturated carbocycles. The van der Waals surface area contributed by atoms with Gasteiger partial charge in [-0.15, -0.1) is 0 Å². The van der Waals surface area contributed by atoms with Crippen molar-refractivity contribution in [2.75, 3.05) is 11.4 Å². The number of allylic oxidation sites excluding steroid dienone is 2. The molecule has 0 saturated heterocycles. The lowest BCUT2D eigenvalue weighted by atomic mass is 10.0. The lowest BCUT2D eigenvalue weighted by Crippen LogP contribution is -2.30. The number of hydrogen-bond acceptors (Lipinski definition) is 5. The monoisotopic (exact) mass is 445 g/mol. The molecule has 168 valence electrons. The van der Waals surface area contributed by atoms with E-state index in [1.165, 1.54) is 18.3 Å². The number of carbonyl (C=O) groups excluding carboxylic acids is 2. The van der Waals surface area contributed by atoms with Crippen LogP contribution in [0.3, 0.4) is 0 Å². The van der Waals surface area contributed by atoms with Crippen LogP contribution in [0, 0.1) is 0 Å². The summed E-state index contributed by atoms with van der Waals surface area (Å²) < 4.78 is 39.6. The van der Waals surface area contributed by atoms with E-state index in [0.717, 1.165) is 11.6 Å². The SMILES string of the molecule is CC1=CCN(c2nc(C(F)(F)F)ccc2CNC(=O)C(C)c2ccc(C(N)=O)nc2)C=C1. The van der Waals surface area contributed by atoms with E-state index in [1.807, 2.05) is 13.0 Å². The average molecular weight is 445 g/mol. The minimum Gasteiger partial charge on any atom is -0.364 e. The lowest BCUT2D eigenvalue weighted by Gasteiger charge is -2.25. The Labute approximate surface area is 182 Å². The number of carbonyl (C=O) groups is 2. The Morgan fingerprint density at radius 2 is 2.00 bits per heavy atom. The summed E-state index contributed by atoms with van der Waals surface area (Å²) in [7, 11) is 0. The number of aromatic nitrogens is 2. The number of alkyl halides is 3. The van der Waals surface area contributed by atoms with Gasteiger partial charge in [-0.2, -0.15) is 13.2 Å². The van der Waals surface area contributed by atoms with Crippen molar-refractivity contribution in [2.24, 2.45) is 5.73 Å².